The minimum absolute atomic E-state index is 0.356. The summed E-state index contributed by atoms with van der Waals surface area (Å²) in [5.74, 6) is 2.17. The SMILES string of the molecule is CC(C)c1ncc(CN2CCOc3ccc(Cl)cc3C2)cn1. The molecule has 0 atom stereocenters. The van der Waals surface area contributed by atoms with Gasteiger partial charge in [0.2, 0.25) is 0 Å². The number of benzene rings is 1. The zero-order valence-electron chi connectivity index (χ0n) is 12.9. The molecule has 5 heteroatoms. The first-order chi connectivity index (χ1) is 10.6. The number of rotatable bonds is 3. The van der Waals surface area contributed by atoms with E-state index in [4.69, 9.17) is 16.3 Å². The normalized spacial score (nSPS) is 15.3. The lowest BCUT2D eigenvalue weighted by molar-refractivity contribution is 0.219. The number of nitrogens with zero attached hydrogens (tertiary/aromatic N) is 3. The molecule has 0 radical (unpaired) electrons. The molecule has 0 saturated carbocycles. The van der Waals surface area contributed by atoms with Crippen molar-refractivity contribution in [2.24, 2.45) is 0 Å². The van der Waals surface area contributed by atoms with E-state index >= 15 is 0 Å². The average molecular weight is 318 g/mol. The van der Waals surface area contributed by atoms with Crippen molar-refractivity contribution >= 4 is 11.6 Å². The van der Waals surface area contributed by atoms with E-state index in [2.05, 4.69) is 28.7 Å². The average Bonchev–Trinajstić information content (AvgIpc) is 2.69. The lowest BCUT2D eigenvalue weighted by Gasteiger charge is -2.19. The van der Waals surface area contributed by atoms with Crippen LogP contribution in [0.3, 0.4) is 0 Å². The maximum absolute atomic E-state index is 6.09. The van der Waals surface area contributed by atoms with Crippen LogP contribution in [0.2, 0.25) is 5.02 Å². The fourth-order valence-electron chi connectivity index (χ4n) is 2.55. The van der Waals surface area contributed by atoms with Crippen molar-refractivity contribution in [3.8, 4) is 5.75 Å². The highest BCUT2D eigenvalue weighted by molar-refractivity contribution is 6.30. The van der Waals surface area contributed by atoms with Crippen molar-refractivity contribution in [3.05, 3.63) is 52.6 Å². The van der Waals surface area contributed by atoms with Gasteiger partial charge < -0.3 is 4.74 Å². The summed E-state index contributed by atoms with van der Waals surface area (Å²) < 4.78 is 5.79. The minimum Gasteiger partial charge on any atom is -0.492 e. The van der Waals surface area contributed by atoms with Gasteiger partial charge in [0.05, 0.1) is 0 Å². The fourth-order valence-corrected chi connectivity index (χ4v) is 2.75. The summed E-state index contributed by atoms with van der Waals surface area (Å²) in [5, 5.41) is 0.744. The molecule has 116 valence electrons. The van der Waals surface area contributed by atoms with Crippen molar-refractivity contribution < 1.29 is 4.74 Å². The van der Waals surface area contributed by atoms with E-state index in [1.807, 2.05) is 30.6 Å². The number of aromatic nitrogens is 2. The molecule has 3 rings (SSSR count). The van der Waals surface area contributed by atoms with Crippen LogP contribution in [0.1, 0.15) is 36.7 Å². The first kappa shape index (κ1) is 15.3. The Labute approximate surface area is 136 Å². The smallest absolute Gasteiger partial charge is 0.130 e. The highest BCUT2D eigenvalue weighted by atomic mass is 35.5. The highest BCUT2D eigenvalue weighted by Gasteiger charge is 2.16. The molecule has 22 heavy (non-hydrogen) atoms. The van der Waals surface area contributed by atoms with E-state index < -0.39 is 0 Å². The molecule has 0 fully saturated rings. The molecule has 0 bridgehead atoms. The predicted octanol–water partition coefficient (Wildman–Crippen LogP) is 3.65. The quantitative estimate of drug-likeness (QED) is 0.866. The molecule has 4 nitrogen and oxygen atoms in total. The van der Waals surface area contributed by atoms with E-state index in [0.29, 0.717) is 12.5 Å². The van der Waals surface area contributed by atoms with Gasteiger partial charge in [0, 0.05) is 54.1 Å². The van der Waals surface area contributed by atoms with E-state index in [0.717, 1.165) is 47.4 Å². The van der Waals surface area contributed by atoms with Crippen LogP contribution in [0, 0.1) is 0 Å². The first-order valence-electron chi connectivity index (χ1n) is 7.56. The van der Waals surface area contributed by atoms with Gasteiger partial charge in [0.15, 0.2) is 0 Å². The van der Waals surface area contributed by atoms with E-state index in [1.165, 1.54) is 0 Å². The Kier molecular flexibility index (Phi) is 4.60. The van der Waals surface area contributed by atoms with Crippen molar-refractivity contribution in [1.29, 1.82) is 0 Å². The third-order valence-corrected chi connectivity index (χ3v) is 3.96. The number of hydrogen-bond donors (Lipinski definition) is 0. The molecule has 2 aromatic rings. The molecule has 0 saturated heterocycles. The Morgan fingerprint density at radius 1 is 1.27 bits per heavy atom. The summed E-state index contributed by atoms with van der Waals surface area (Å²) in [5.41, 5.74) is 2.25. The third-order valence-electron chi connectivity index (χ3n) is 3.73. The van der Waals surface area contributed by atoms with Gasteiger partial charge in [-0.1, -0.05) is 25.4 Å². The second kappa shape index (κ2) is 6.63. The summed E-state index contributed by atoms with van der Waals surface area (Å²) in [6.45, 7) is 7.39. The summed E-state index contributed by atoms with van der Waals surface area (Å²) in [7, 11) is 0. The van der Waals surface area contributed by atoms with Crippen LogP contribution < -0.4 is 4.74 Å². The number of halogens is 1. The van der Waals surface area contributed by atoms with E-state index in [1.54, 1.807) is 0 Å². The maximum Gasteiger partial charge on any atom is 0.130 e. The van der Waals surface area contributed by atoms with Crippen molar-refractivity contribution in [2.75, 3.05) is 13.2 Å². The largest absolute Gasteiger partial charge is 0.492 e. The second-order valence-corrected chi connectivity index (χ2v) is 6.35. The Hall–Kier alpha value is -1.65. The topological polar surface area (TPSA) is 38.2 Å². The molecule has 1 aliphatic heterocycles. The van der Waals surface area contributed by atoms with Crippen LogP contribution in [-0.4, -0.2) is 28.0 Å². The van der Waals surface area contributed by atoms with Crippen molar-refractivity contribution in [2.45, 2.75) is 32.9 Å². The molecule has 1 aliphatic rings. The summed E-state index contributed by atoms with van der Waals surface area (Å²) in [6.07, 6.45) is 3.85. The molecule has 0 N–H and O–H groups in total. The minimum atomic E-state index is 0.356. The molecule has 0 spiro atoms. The number of hydrogen-bond acceptors (Lipinski definition) is 4. The van der Waals surface area contributed by atoms with Gasteiger partial charge in [-0.15, -0.1) is 0 Å². The lowest BCUT2D eigenvalue weighted by Crippen LogP contribution is -2.25. The van der Waals surface area contributed by atoms with Gasteiger partial charge in [-0.25, -0.2) is 9.97 Å². The molecular formula is C17H20ClN3O. The van der Waals surface area contributed by atoms with Gasteiger partial charge in [0.1, 0.15) is 18.2 Å². The molecular weight excluding hydrogens is 298 g/mol. The van der Waals surface area contributed by atoms with Gasteiger partial charge in [-0.2, -0.15) is 0 Å². The number of ether oxygens (including phenoxy) is 1. The predicted molar refractivity (Wildman–Crippen MR) is 87.2 cm³/mol. The summed E-state index contributed by atoms with van der Waals surface area (Å²) in [4.78, 5) is 11.2. The van der Waals surface area contributed by atoms with Crippen molar-refractivity contribution in [3.63, 3.8) is 0 Å². The van der Waals surface area contributed by atoms with Crippen molar-refractivity contribution in [1.82, 2.24) is 14.9 Å². The zero-order valence-corrected chi connectivity index (χ0v) is 13.7. The van der Waals surface area contributed by atoms with Gasteiger partial charge in [0.25, 0.3) is 0 Å². The second-order valence-electron chi connectivity index (χ2n) is 5.92. The lowest BCUT2D eigenvalue weighted by atomic mass is 10.2. The third kappa shape index (κ3) is 3.57. The molecule has 1 aromatic carbocycles. The standard InChI is InChI=1S/C17H20ClN3O/c1-12(2)17-19-8-13(9-20-17)10-21-5-6-22-16-4-3-15(18)7-14(16)11-21/h3-4,7-9,12H,5-6,10-11H2,1-2H3. The van der Waals surface area contributed by atoms with Gasteiger partial charge >= 0.3 is 0 Å². The van der Waals surface area contributed by atoms with Crippen LogP contribution in [0.25, 0.3) is 0 Å². The molecule has 1 aromatic heterocycles. The Morgan fingerprint density at radius 3 is 2.77 bits per heavy atom. The van der Waals surface area contributed by atoms with Crippen LogP contribution in [0.15, 0.2) is 30.6 Å². The Bertz CT molecular complexity index is 643. The van der Waals surface area contributed by atoms with E-state index in [9.17, 15) is 0 Å². The Morgan fingerprint density at radius 2 is 2.05 bits per heavy atom. The highest BCUT2D eigenvalue weighted by Crippen LogP contribution is 2.26. The molecule has 0 unspecified atom stereocenters. The Balaban J connectivity index is 1.72. The molecule has 0 aliphatic carbocycles. The van der Waals surface area contributed by atoms with Crippen LogP contribution in [0.5, 0.6) is 5.75 Å². The fraction of sp³-hybridized carbons (Fsp3) is 0.412. The molecule has 0 amide bonds. The van der Waals surface area contributed by atoms with Crippen LogP contribution >= 0.6 is 11.6 Å². The zero-order chi connectivity index (χ0) is 15.5. The monoisotopic (exact) mass is 317 g/mol. The number of fused-ring (bicyclic) bond motifs is 1. The molecule has 2 heterocycles. The van der Waals surface area contributed by atoms with Gasteiger partial charge in [-0.3, -0.25) is 4.90 Å². The van der Waals surface area contributed by atoms with Crippen LogP contribution in [0.4, 0.5) is 0 Å². The summed E-state index contributed by atoms with van der Waals surface area (Å²) in [6, 6.07) is 5.80. The van der Waals surface area contributed by atoms with Gasteiger partial charge in [-0.05, 0) is 18.2 Å². The van der Waals surface area contributed by atoms with E-state index in [-0.39, 0.29) is 0 Å². The van der Waals surface area contributed by atoms with Crippen LogP contribution in [-0.2, 0) is 13.1 Å². The summed E-state index contributed by atoms with van der Waals surface area (Å²) >= 11 is 6.09. The first-order valence-corrected chi connectivity index (χ1v) is 7.94. The maximum atomic E-state index is 6.09.